The van der Waals surface area contributed by atoms with Crippen molar-refractivity contribution in [2.45, 2.75) is 33.3 Å². The summed E-state index contributed by atoms with van der Waals surface area (Å²) in [6, 6.07) is 7.72. The molecule has 20 heavy (non-hydrogen) atoms. The average Bonchev–Trinajstić information content (AvgIpc) is 2.43. The lowest BCUT2D eigenvalue weighted by atomic mass is 10.3. The number of nitrogens with one attached hydrogen (secondary N) is 1. The van der Waals surface area contributed by atoms with Gasteiger partial charge in [0.15, 0.2) is 0 Å². The highest BCUT2D eigenvalue weighted by Crippen LogP contribution is 2.17. The van der Waals surface area contributed by atoms with Gasteiger partial charge in [-0.2, -0.15) is 0 Å². The van der Waals surface area contributed by atoms with Gasteiger partial charge in [-0.15, -0.1) is 0 Å². The lowest BCUT2D eigenvalue weighted by Crippen LogP contribution is -2.23. The molecule has 1 rings (SSSR count). The first-order valence-corrected chi connectivity index (χ1v) is 7.40. The lowest BCUT2D eigenvalue weighted by Gasteiger charge is -2.09. The number of hydrogen-bond acceptors (Lipinski definition) is 4. The Balaban J connectivity index is 2.00. The summed E-state index contributed by atoms with van der Waals surface area (Å²) in [6.45, 7) is 10.0. The van der Waals surface area contributed by atoms with Crippen molar-refractivity contribution >= 4 is 0 Å². The van der Waals surface area contributed by atoms with E-state index < -0.39 is 0 Å². The lowest BCUT2D eigenvalue weighted by molar-refractivity contribution is 0.0770. The highest BCUT2D eigenvalue weighted by Gasteiger charge is 1.96. The zero-order valence-corrected chi connectivity index (χ0v) is 12.9. The standard InChI is InChI=1S/C16H27NO3/c1-4-18-15-6-8-16(9-7-15)20-13-11-17-10-5-12-19-14(2)3/h6-9,14,17H,4-5,10-13H2,1-3H3. The minimum absolute atomic E-state index is 0.318. The highest BCUT2D eigenvalue weighted by atomic mass is 16.5. The quantitative estimate of drug-likeness (QED) is 0.633. The summed E-state index contributed by atoms with van der Waals surface area (Å²) >= 11 is 0. The van der Waals surface area contributed by atoms with Crippen molar-refractivity contribution in [1.29, 1.82) is 0 Å². The zero-order valence-electron chi connectivity index (χ0n) is 12.9. The Bertz CT molecular complexity index is 338. The van der Waals surface area contributed by atoms with E-state index in [1.807, 2.05) is 31.2 Å². The maximum absolute atomic E-state index is 5.63. The molecule has 0 aliphatic rings. The summed E-state index contributed by atoms with van der Waals surface area (Å²) in [7, 11) is 0. The molecule has 0 saturated heterocycles. The Labute approximate surface area is 122 Å². The zero-order chi connectivity index (χ0) is 14.6. The third kappa shape index (κ3) is 8.02. The summed E-state index contributed by atoms with van der Waals surface area (Å²) in [5.74, 6) is 1.75. The second-order valence-corrected chi connectivity index (χ2v) is 4.78. The van der Waals surface area contributed by atoms with Crippen molar-refractivity contribution in [3.8, 4) is 11.5 Å². The Kier molecular flexibility index (Phi) is 8.83. The van der Waals surface area contributed by atoms with E-state index in [0.717, 1.165) is 37.6 Å². The van der Waals surface area contributed by atoms with Crippen molar-refractivity contribution in [3.63, 3.8) is 0 Å². The summed E-state index contributed by atoms with van der Waals surface area (Å²) in [6.07, 6.45) is 1.35. The molecule has 0 amide bonds. The molecule has 114 valence electrons. The summed E-state index contributed by atoms with van der Waals surface area (Å²) in [5, 5.41) is 3.33. The molecule has 4 nitrogen and oxygen atoms in total. The van der Waals surface area contributed by atoms with Crippen LogP contribution in [0.2, 0.25) is 0 Å². The molecule has 0 fully saturated rings. The first-order valence-electron chi connectivity index (χ1n) is 7.40. The Morgan fingerprint density at radius 3 is 2.20 bits per heavy atom. The van der Waals surface area contributed by atoms with E-state index in [2.05, 4.69) is 19.2 Å². The van der Waals surface area contributed by atoms with Gasteiger partial charge in [-0.05, 0) is 58.0 Å². The van der Waals surface area contributed by atoms with E-state index in [9.17, 15) is 0 Å². The first-order chi connectivity index (χ1) is 9.72. The van der Waals surface area contributed by atoms with E-state index >= 15 is 0 Å². The highest BCUT2D eigenvalue weighted by molar-refractivity contribution is 5.31. The van der Waals surface area contributed by atoms with Gasteiger partial charge < -0.3 is 19.5 Å². The van der Waals surface area contributed by atoms with Crippen LogP contribution in [0.1, 0.15) is 27.2 Å². The van der Waals surface area contributed by atoms with Gasteiger partial charge in [0.1, 0.15) is 18.1 Å². The Morgan fingerprint density at radius 2 is 1.60 bits per heavy atom. The average molecular weight is 281 g/mol. The van der Waals surface area contributed by atoms with E-state index in [0.29, 0.717) is 19.3 Å². The molecule has 0 spiro atoms. The van der Waals surface area contributed by atoms with Crippen LogP contribution >= 0.6 is 0 Å². The molecule has 4 heteroatoms. The summed E-state index contributed by atoms with van der Waals surface area (Å²) in [4.78, 5) is 0. The van der Waals surface area contributed by atoms with Crippen LogP contribution < -0.4 is 14.8 Å². The predicted molar refractivity (Wildman–Crippen MR) is 81.7 cm³/mol. The van der Waals surface area contributed by atoms with Crippen LogP contribution in [-0.2, 0) is 4.74 Å². The number of rotatable bonds is 11. The van der Waals surface area contributed by atoms with Gasteiger partial charge in [0.25, 0.3) is 0 Å². The van der Waals surface area contributed by atoms with Crippen molar-refractivity contribution in [2.24, 2.45) is 0 Å². The van der Waals surface area contributed by atoms with E-state index in [-0.39, 0.29) is 0 Å². The van der Waals surface area contributed by atoms with E-state index in [1.54, 1.807) is 0 Å². The molecule has 1 aromatic carbocycles. The fourth-order valence-corrected chi connectivity index (χ4v) is 1.68. The Hall–Kier alpha value is -1.26. The molecule has 0 bridgehead atoms. The first kappa shape index (κ1) is 16.8. The third-order valence-corrected chi connectivity index (χ3v) is 2.63. The maximum atomic E-state index is 5.63. The minimum atomic E-state index is 0.318. The van der Waals surface area contributed by atoms with Gasteiger partial charge in [-0.1, -0.05) is 0 Å². The molecule has 1 aromatic rings. The van der Waals surface area contributed by atoms with Crippen molar-refractivity contribution in [1.82, 2.24) is 5.32 Å². The molecule has 1 N–H and O–H groups in total. The van der Waals surface area contributed by atoms with Gasteiger partial charge in [0.05, 0.1) is 12.7 Å². The molecule has 0 unspecified atom stereocenters. The molecule has 0 atom stereocenters. The van der Waals surface area contributed by atoms with Crippen LogP contribution in [0.15, 0.2) is 24.3 Å². The maximum Gasteiger partial charge on any atom is 0.119 e. The van der Waals surface area contributed by atoms with Crippen molar-refractivity contribution in [3.05, 3.63) is 24.3 Å². The number of benzene rings is 1. The van der Waals surface area contributed by atoms with Crippen LogP contribution in [0, 0.1) is 0 Å². The number of ether oxygens (including phenoxy) is 3. The fraction of sp³-hybridized carbons (Fsp3) is 0.625. The molecular weight excluding hydrogens is 254 g/mol. The van der Waals surface area contributed by atoms with Gasteiger partial charge in [0.2, 0.25) is 0 Å². The molecule has 0 aromatic heterocycles. The second-order valence-electron chi connectivity index (χ2n) is 4.78. The third-order valence-electron chi connectivity index (χ3n) is 2.63. The van der Waals surface area contributed by atoms with Crippen molar-refractivity contribution < 1.29 is 14.2 Å². The van der Waals surface area contributed by atoms with E-state index in [4.69, 9.17) is 14.2 Å². The van der Waals surface area contributed by atoms with E-state index in [1.165, 1.54) is 0 Å². The van der Waals surface area contributed by atoms with Gasteiger partial charge in [-0.3, -0.25) is 0 Å². The SMILES string of the molecule is CCOc1ccc(OCCNCCCOC(C)C)cc1. The molecule has 0 saturated carbocycles. The monoisotopic (exact) mass is 281 g/mol. The summed E-state index contributed by atoms with van der Waals surface area (Å²) < 4.78 is 16.5. The predicted octanol–water partition coefficient (Wildman–Crippen LogP) is 2.87. The molecule has 0 aliphatic heterocycles. The van der Waals surface area contributed by atoms with Crippen LogP contribution in [0.5, 0.6) is 11.5 Å². The van der Waals surface area contributed by atoms with Crippen molar-refractivity contribution in [2.75, 3.05) is 32.9 Å². The molecular formula is C16H27NO3. The number of hydrogen-bond donors (Lipinski definition) is 1. The minimum Gasteiger partial charge on any atom is -0.494 e. The van der Waals surface area contributed by atoms with Crippen LogP contribution in [-0.4, -0.2) is 39.0 Å². The van der Waals surface area contributed by atoms with Crippen LogP contribution in [0.4, 0.5) is 0 Å². The summed E-state index contributed by atoms with van der Waals surface area (Å²) in [5.41, 5.74) is 0. The van der Waals surface area contributed by atoms with Gasteiger partial charge in [0, 0.05) is 13.2 Å². The van der Waals surface area contributed by atoms with Crippen LogP contribution in [0.3, 0.4) is 0 Å². The Morgan fingerprint density at radius 1 is 0.950 bits per heavy atom. The smallest absolute Gasteiger partial charge is 0.119 e. The normalized spacial score (nSPS) is 10.8. The molecule has 0 heterocycles. The molecule has 0 aliphatic carbocycles. The largest absolute Gasteiger partial charge is 0.494 e. The van der Waals surface area contributed by atoms with Gasteiger partial charge in [-0.25, -0.2) is 0 Å². The van der Waals surface area contributed by atoms with Crippen LogP contribution in [0.25, 0.3) is 0 Å². The topological polar surface area (TPSA) is 39.7 Å². The fourth-order valence-electron chi connectivity index (χ4n) is 1.68. The second kappa shape index (κ2) is 10.5. The van der Waals surface area contributed by atoms with Gasteiger partial charge >= 0.3 is 0 Å². The molecule has 0 radical (unpaired) electrons.